The summed E-state index contributed by atoms with van der Waals surface area (Å²) in [6.45, 7) is 5.38. The number of hydrogen-bond acceptors (Lipinski definition) is 6. The molecule has 1 amide bonds. The third-order valence-corrected chi connectivity index (χ3v) is 5.48. The van der Waals surface area contributed by atoms with E-state index in [1.54, 1.807) is 0 Å². The largest absolute Gasteiger partial charge is 0.475 e. The van der Waals surface area contributed by atoms with Crippen molar-refractivity contribution in [3.8, 4) is 5.88 Å². The second-order valence-electron chi connectivity index (χ2n) is 8.07. The predicted octanol–water partition coefficient (Wildman–Crippen LogP) is 4.52. The number of rotatable bonds is 8. The summed E-state index contributed by atoms with van der Waals surface area (Å²) in [5.74, 6) is 0.545. The van der Waals surface area contributed by atoms with E-state index in [2.05, 4.69) is 15.4 Å². The Morgan fingerprint density at radius 3 is 2.88 bits per heavy atom. The van der Waals surface area contributed by atoms with Gasteiger partial charge in [0.15, 0.2) is 6.23 Å². The molecule has 1 aliphatic heterocycles. The summed E-state index contributed by atoms with van der Waals surface area (Å²) in [5.41, 5.74) is 3.59. The number of aryl methyl sites for hydroxylation is 1. The van der Waals surface area contributed by atoms with Gasteiger partial charge in [0.2, 0.25) is 5.88 Å². The molecule has 0 saturated carbocycles. The normalized spacial score (nSPS) is 17.1. The third-order valence-electron chi connectivity index (χ3n) is 5.48. The first kappa shape index (κ1) is 22.1. The smallest absolute Gasteiger partial charge is 0.407 e. The lowest BCUT2D eigenvalue weighted by molar-refractivity contribution is -0.0368. The topological polar surface area (TPSA) is 87.5 Å². The molecule has 2 aromatic heterocycles. The van der Waals surface area contributed by atoms with Crippen molar-refractivity contribution in [1.29, 1.82) is 0 Å². The fraction of sp³-hybridized carbons (Fsp3) is 0.458. The van der Waals surface area contributed by atoms with Crippen molar-refractivity contribution in [2.24, 2.45) is 0 Å². The van der Waals surface area contributed by atoms with E-state index in [9.17, 15) is 4.79 Å². The van der Waals surface area contributed by atoms with E-state index >= 15 is 0 Å². The minimum atomic E-state index is -0.437. The quantitative estimate of drug-likeness (QED) is 0.556. The van der Waals surface area contributed by atoms with Crippen molar-refractivity contribution in [3.63, 3.8) is 0 Å². The van der Waals surface area contributed by atoms with Gasteiger partial charge >= 0.3 is 6.09 Å². The van der Waals surface area contributed by atoms with Gasteiger partial charge in [-0.3, -0.25) is 0 Å². The summed E-state index contributed by atoms with van der Waals surface area (Å²) in [6.07, 6.45) is 3.26. The standard InChI is InChI=1S/C24H30N4O4/c1-17(13-14-25-24(29)31-16-19-8-4-3-5-9-19)32-21-12-11-20-23(26-21)18(2)27-28(20)22-10-6-7-15-30-22/h3-5,8-9,11-12,17,22H,6-7,10,13-16H2,1-2H3,(H,25,29). The number of pyridine rings is 1. The van der Waals surface area contributed by atoms with Gasteiger partial charge < -0.3 is 19.5 Å². The van der Waals surface area contributed by atoms with E-state index in [1.807, 2.05) is 61.0 Å². The summed E-state index contributed by atoms with van der Waals surface area (Å²) in [4.78, 5) is 16.5. The SMILES string of the molecule is Cc1nn(C2CCCCO2)c2ccc(OC(C)CCNC(=O)OCc3ccccc3)nc12. The first-order chi connectivity index (χ1) is 15.6. The highest BCUT2D eigenvalue weighted by Gasteiger charge is 2.21. The van der Waals surface area contributed by atoms with Gasteiger partial charge in [-0.1, -0.05) is 30.3 Å². The molecule has 4 rings (SSSR count). The van der Waals surface area contributed by atoms with Gasteiger partial charge in [0.1, 0.15) is 12.1 Å². The molecule has 1 aliphatic rings. The van der Waals surface area contributed by atoms with E-state index in [4.69, 9.17) is 14.2 Å². The molecule has 0 bridgehead atoms. The Bertz CT molecular complexity index is 1030. The summed E-state index contributed by atoms with van der Waals surface area (Å²) in [6, 6.07) is 13.4. The molecule has 3 heterocycles. The van der Waals surface area contributed by atoms with E-state index in [1.165, 1.54) is 0 Å². The second-order valence-corrected chi connectivity index (χ2v) is 8.07. The fourth-order valence-electron chi connectivity index (χ4n) is 3.77. The Morgan fingerprint density at radius 1 is 1.25 bits per heavy atom. The molecule has 2 unspecified atom stereocenters. The van der Waals surface area contributed by atoms with E-state index in [0.29, 0.717) is 18.8 Å². The van der Waals surface area contributed by atoms with Crippen LogP contribution in [0.1, 0.15) is 50.1 Å². The van der Waals surface area contributed by atoms with E-state index in [-0.39, 0.29) is 18.9 Å². The fourth-order valence-corrected chi connectivity index (χ4v) is 3.77. The Kier molecular flexibility index (Phi) is 7.21. The van der Waals surface area contributed by atoms with Crippen molar-refractivity contribution in [2.75, 3.05) is 13.2 Å². The van der Waals surface area contributed by atoms with Crippen LogP contribution in [0, 0.1) is 6.92 Å². The highest BCUT2D eigenvalue weighted by atomic mass is 16.5. The lowest BCUT2D eigenvalue weighted by atomic mass is 10.2. The molecule has 3 aromatic rings. The number of carbonyl (C=O) groups is 1. The summed E-state index contributed by atoms with van der Waals surface area (Å²) < 4.78 is 19.0. The maximum absolute atomic E-state index is 11.9. The number of aromatic nitrogens is 3. The molecule has 0 spiro atoms. The van der Waals surface area contributed by atoms with Gasteiger partial charge in [0, 0.05) is 25.6 Å². The zero-order valence-corrected chi connectivity index (χ0v) is 18.6. The van der Waals surface area contributed by atoms with Crippen LogP contribution in [0.3, 0.4) is 0 Å². The lowest BCUT2D eigenvalue weighted by Gasteiger charge is -2.23. The van der Waals surface area contributed by atoms with Crippen LogP contribution in [0.15, 0.2) is 42.5 Å². The monoisotopic (exact) mass is 438 g/mol. The van der Waals surface area contributed by atoms with Crippen molar-refractivity contribution >= 4 is 17.1 Å². The Labute approximate surface area is 187 Å². The Morgan fingerprint density at radius 2 is 2.09 bits per heavy atom. The highest BCUT2D eigenvalue weighted by molar-refractivity contribution is 5.78. The summed E-state index contributed by atoms with van der Waals surface area (Å²) >= 11 is 0. The first-order valence-electron chi connectivity index (χ1n) is 11.2. The van der Waals surface area contributed by atoms with Crippen LogP contribution < -0.4 is 10.1 Å². The minimum Gasteiger partial charge on any atom is -0.475 e. The molecule has 0 aliphatic carbocycles. The van der Waals surface area contributed by atoms with Crippen molar-refractivity contribution < 1.29 is 19.0 Å². The van der Waals surface area contributed by atoms with Crippen LogP contribution in [0.25, 0.3) is 11.0 Å². The van der Waals surface area contributed by atoms with Gasteiger partial charge in [-0.05, 0) is 44.7 Å². The molecule has 1 saturated heterocycles. The number of carbonyl (C=O) groups excluding carboxylic acids is 1. The average Bonchev–Trinajstić information content (AvgIpc) is 3.15. The number of hydrogen-bond donors (Lipinski definition) is 1. The van der Waals surface area contributed by atoms with Gasteiger partial charge in [-0.2, -0.15) is 5.10 Å². The molecule has 8 nitrogen and oxygen atoms in total. The summed E-state index contributed by atoms with van der Waals surface area (Å²) in [5, 5.41) is 7.41. The van der Waals surface area contributed by atoms with Gasteiger partial charge in [-0.25, -0.2) is 14.5 Å². The molecule has 0 radical (unpaired) electrons. The molecular formula is C24H30N4O4. The molecule has 1 N–H and O–H groups in total. The maximum atomic E-state index is 11.9. The Hall–Kier alpha value is -3.13. The summed E-state index contributed by atoms with van der Waals surface area (Å²) in [7, 11) is 0. The Balaban J connectivity index is 1.26. The number of benzene rings is 1. The van der Waals surface area contributed by atoms with E-state index < -0.39 is 6.09 Å². The van der Waals surface area contributed by atoms with Crippen molar-refractivity contribution in [2.45, 2.75) is 58.5 Å². The lowest BCUT2D eigenvalue weighted by Crippen LogP contribution is -2.28. The molecule has 1 fully saturated rings. The zero-order valence-electron chi connectivity index (χ0n) is 18.6. The number of fused-ring (bicyclic) bond motifs is 1. The van der Waals surface area contributed by atoms with Gasteiger partial charge in [0.05, 0.1) is 17.3 Å². The number of amides is 1. The van der Waals surface area contributed by atoms with Crippen molar-refractivity contribution in [3.05, 3.63) is 53.7 Å². The number of alkyl carbamates (subject to hydrolysis) is 1. The molecular weight excluding hydrogens is 408 g/mol. The van der Waals surface area contributed by atoms with Crippen LogP contribution >= 0.6 is 0 Å². The van der Waals surface area contributed by atoms with Crippen molar-refractivity contribution in [1.82, 2.24) is 20.1 Å². The molecule has 170 valence electrons. The number of nitrogens with one attached hydrogen (secondary N) is 1. The molecule has 2 atom stereocenters. The average molecular weight is 439 g/mol. The van der Waals surface area contributed by atoms with Crippen LogP contribution in [-0.4, -0.2) is 40.1 Å². The van der Waals surface area contributed by atoms with Gasteiger partial charge in [-0.15, -0.1) is 0 Å². The number of ether oxygens (including phenoxy) is 3. The second kappa shape index (κ2) is 10.5. The minimum absolute atomic E-state index is 0.0276. The zero-order chi connectivity index (χ0) is 22.3. The molecule has 1 aromatic carbocycles. The van der Waals surface area contributed by atoms with Gasteiger partial charge in [0.25, 0.3) is 0 Å². The maximum Gasteiger partial charge on any atom is 0.407 e. The highest BCUT2D eigenvalue weighted by Crippen LogP contribution is 2.28. The molecule has 32 heavy (non-hydrogen) atoms. The first-order valence-corrected chi connectivity index (χ1v) is 11.2. The number of nitrogens with zero attached hydrogens (tertiary/aromatic N) is 3. The van der Waals surface area contributed by atoms with Crippen LogP contribution in [0.2, 0.25) is 0 Å². The van der Waals surface area contributed by atoms with Crippen LogP contribution in [0.5, 0.6) is 5.88 Å². The van der Waals surface area contributed by atoms with Crippen LogP contribution in [-0.2, 0) is 16.1 Å². The molecule has 8 heteroatoms. The van der Waals surface area contributed by atoms with E-state index in [0.717, 1.165) is 48.2 Å². The predicted molar refractivity (Wildman–Crippen MR) is 120 cm³/mol. The third kappa shape index (κ3) is 5.56. The van der Waals surface area contributed by atoms with Crippen LogP contribution in [0.4, 0.5) is 4.79 Å².